The standard InChI is InChI=1S/C11H17N3O2S/c15-17(16,11-4-2-6-12-9-11)14-8-5-10-3-1-7-13-10/h2,4,6,9-10,13-14H,1,3,5,7-8H2/t10-/m1/s1. The van der Waals surface area contributed by atoms with Crippen LogP contribution in [0.3, 0.4) is 0 Å². The van der Waals surface area contributed by atoms with Gasteiger partial charge in [-0.2, -0.15) is 0 Å². The Morgan fingerprint density at radius 1 is 1.53 bits per heavy atom. The van der Waals surface area contributed by atoms with Crippen molar-refractivity contribution in [3.05, 3.63) is 24.5 Å². The minimum atomic E-state index is -3.39. The van der Waals surface area contributed by atoms with Gasteiger partial charge in [0.2, 0.25) is 10.0 Å². The molecular weight excluding hydrogens is 238 g/mol. The van der Waals surface area contributed by atoms with E-state index in [0.717, 1.165) is 19.4 Å². The number of nitrogens with one attached hydrogen (secondary N) is 2. The molecule has 0 unspecified atom stereocenters. The molecule has 94 valence electrons. The van der Waals surface area contributed by atoms with Crippen molar-refractivity contribution in [2.45, 2.75) is 30.2 Å². The number of hydrogen-bond donors (Lipinski definition) is 2. The highest BCUT2D eigenvalue weighted by Crippen LogP contribution is 2.09. The lowest BCUT2D eigenvalue weighted by Crippen LogP contribution is -2.30. The maximum Gasteiger partial charge on any atom is 0.242 e. The van der Waals surface area contributed by atoms with Gasteiger partial charge < -0.3 is 5.32 Å². The Bertz CT molecular complexity index is 441. The summed E-state index contributed by atoms with van der Waals surface area (Å²) in [4.78, 5) is 4.03. The molecule has 0 radical (unpaired) electrons. The average Bonchev–Trinajstić information content (AvgIpc) is 2.83. The van der Waals surface area contributed by atoms with E-state index in [4.69, 9.17) is 0 Å². The summed E-state index contributed by atoms with van der Waals surface area (Å²) in [6, 6.07) is 3.61. The molecule has 0 aliphatic carbocycles. The van der Waals surface area contributed by atoms with Gasteiger partial charge in [0.05, 0.1) is 0 Å². The molecule has 6 heteroatoms. The lowest BCUT2D eigenvalue weighted by molar-refractivity contribution is 0.539. The first-order chi connectivity index (χ1) is 8.18. The average molecular weight is 255 g/mol. The molecule has 0 spiro atoms. The van der Waals surface area contributed by atoms with Crippen LogP contribution in [0.1, 0.15) is 19.3 Å². The van der Waals surface area contributed by atoms with Crippen LogP contribution in [-0.4, -0.2) is 32.5 Å². The monoisotopic (exact) mass is 255 g/mol. The van der Waals surface area contributed by atoms with Crippen LogP contribution < -0.4 is 10.0 Å². The van der Waals surface area contributed by atoms with Gasteiger partial charge in [-0.3, -0.25) is 4.98 Å². The van der Waals surface area contributed by atoms with Gasteiger partial charge in [-0.05, 0) is 37.9 Å². The maximum absolute atomic E-state index is 11.8. The third kappa shape index (κ3) is 3.49. The van der Waals surface area contributed by atoms with Crippen molar-refractivity contribution < 1.29 is 8.42 Å². The molecule has 0 saturated carbocycles. The minimum Gasteiger partial charge on any atom is -0.314 e. The maximum atomic E-state index is 11.8. The van der Waals surface area contributed by atoms with E-state index >= 15 is 0 Å². The van der Waals surface area contributed by atoms with Crippen LogP contribution in [0.5, 0.6) is 0 Å². The van der Waals surface area contributed by atoms with E-state index < -0.39 is 10.0 Å². The molecule has 2 heterocycles. The molecule has 1 aromatic rings. The number of sulfonamides is 1. The van der Waals surface area contributed by atoms with Crippen molar-refractivity contribution in [3.63, 3.8) is 0 Å². The second kappa shape index (κ2) is 5.57. The summed E-state index contributed by atoms with van der Waals surface area (Å²) in [5, 5.41) is 3.34. The molecule has 1 aromatic heterocycles. The molecule has 0 bridgehead atoms. The number of aromatic nitrogens is 1. The summed E-state index contributed by atoms with van der Waals surface area (Å²) >= 11 is 0. The van der Waals surface area contributed by atoms with Gasteiger partial charge in [0.25, 0.3) is 0 Å². The quantitative estimate of drug-likeness (QED) is 0.804. The fraction of sp³-hybridized carbons (Fsp3) is 0.545. The smallest absolute Gasteiger partial charge is 0.242 e. The SMILES string of the molecule is O=S(=O)(NCC[C@H]1CCCN1)c1cccnc1. The highest BCUT2D eigenvalue weighted by Gasteiger charge is 2.16. The first kappa shape index (κ1) is 12.5. The largest absolute Gasteiger partial charge is 0.314 e. The molecule has 0 amide bonds. The van der Waals surface area contributed by atoms with Gasteiger partial charge in [-0.1, -0.05) is 0 Å². The predicted octanol–water partition coefficient (Wildman–Crippen LogP) is 0.502. The Kier molecular flexibility index (Phi) is 4.09. The van der Waals surface area contributed by atoms with E-state index in [-0.39, 0.29) is 4.90 Å². The first-order valence-electron chi connectivity index (χ1n) is 5.81. The van der Waals surface area contributed by atoms with Crippen LogP contribution in [-0.2, 0) is 10.0 Å². The summed E-state index contributed by atoms with van der Waals surface area (Å²) < 4.78 is 26.3. The van der Waals surface area contributed by atoms with Gasteiger partial charge in [0.15, 0.2) is 0 Å². The van der Waals surface area contributed by atoms with Crippen LogP contribution in [0.15, 0.2) is 29.4 Å². The lowest BCUT2D eigenvalue weighted by Gasteiger charge is -2.10. The van der Waals surface area contributed by atoms with Crippen LogP contribution in [0.4, 0.5) is 0 Å². The predicted molar refractivity (Wildman–Crippen MR) is 65.1 cm³/mol. The van der Waals surface area contributed by atoms with E-state index in [9.17, 15) is 8.42 Å². The van der Waals surface area contributed by atoms with E-state index in [1.54, 1.807) is 18.3 Å². The number of nitrogens with zero attached hydrogens (tertiary/aromatic N) is 1. The van der Waals surface area contributed by atoms with Crippen LogP contribution in [0.2, 0.25) is 0 Å². The van der Waals surface area contributed by atoms with Crippen molar-refractivity contribution >= 4 is 10.0 Å². The summed E-state index contributed by atoms with van der Waals surface area (Å²) in [5.41, 5.74) is 0. The number of pyridine rings is 1. The molecular formula is C11H17N3O2S. The van der Waals surface area contributed by atoms with Crippen molar-refractivity contribution in [2.75, 3.05) is 13.1 Å². The van der Waals surface area contributed by atoms with Gasteiger partial charge in [-0.15, -0.1) is 0 Å². The Hall–Kier alpha value is -0.980. The number of hydrogen-bond acceptors (Lipinski definition) is 4. The van der Waals surface area contributed by atoms with E-state index in [2.05, 4.69) is 15.0 Å². The molecule has 1 fully saturated rings. The van der Waals surface area contributed by atoms with Crippen molar-refractivity contribution in [1.82, 2.24) is 15.0 Å². The molecule has 5 nitrogen and oxygen atoms in total. The van der Waals surface area contributed by atoms with Gasteiger partial charge >= 0.3 is 0 Å². The van der Waals surface area contributed by atoms with Crippen molar-refractivity contribution in [1.29, 1.82) is 0 Å². The molecule has 1 saturated heterocycles. The molecule has 0 aromatic carbocycles. The Morgan fingerprint density at radius 2 is 2.41 bits per heavy atom. The van der Waals surface area contributed by atoms with E-state index in [1.807, 2.05) is 0 Å². The highest BCUT2D eigenvalue weighted by atomic mass is 32.2. The van der Waals surface area contributed by atoms with E-state index in [0.29, 0.717) is 12.6 Å². The van der Waals surface area contributed by atoms with E-state index in [1.165, 1.54) is 12.6 Å². The second-order valence-corrected chi connectivity index (χ2v) is 5.94. The summed E-state index contributed by atoms with van der Waals surface area (Å²) in [5.74, 6) is 0. The molecule has 1 aliphatic heterocycles. The molecule has 2 N–H and O–H groups in total. The third-order valence-electron chi connectivity index (χ3n) is 2.89. The van der Waals surface area contributed by atoms with Crippen LogP contribution >= 0.6 is 0 Å². The zero-order valence-electron chi connectivity index (χ0n) is 9.59. The highest BCUT2D eigenvalue weighted by molar-refractivity contribution is 7.89. The topological polar surface area (TPSA) is 71.1 Å². The molecule has 1 aliphatic rings. The lowest BCUT2D eigenvalue weighted by atomic mass is 10.2. The molecule has 2 rings (SSSR count). The van der Waals surface area contributed by atoms with Crippen LogP contribution in [0.25, 0.3) is 0 Å². The second-order valence-electron chi connectivity index (χ2n) is 4.17. The fourth-order valence-electron chi connectivity index (χ4n) is 1.96. The molecule has 17 heavy (non-hydrogen) atoms. The summed E-state index contributed by atoms with van der Waals surface area (Å²) in [6.07, 6.45) is 6.06. The van der Waals surface area contributed by atoms with Gasteiger partial charge in [0.1, 0.15) is 4.90 Å². The summed E-state index contributed by atoms with van der Waals surface area (Å²) in [7, 11) is -3.39. The third-order valence-corrected chi connectivity index (χ3v) is 4.34. The van der Waals surface area contributed by atoms with Crippen molar-refractivity contribution in [3.8, 4) is 0 Å². The normalized spacial score (nSPS) is 20.6. The Morgan fingerprint density at radius 3 is 3.06 bits per heavy atom. The number of rotatable bonds is 5. The van der Waals surface area contributed by atoms with Crippen molar-refractivity contribution in [2.24, 2.45) is 0 Å². The zero-order chi connectivity index (χ0) is 12.1. The zero-order valence-corrected chi connectivity index (χ0v) is 10.4. The van der Waals surface area contributed by atoms with Gasteiger partial charge in [0, 0.05) is 25.0 Å². The summed E-state index contributed by atoms with van der Waals surface area (Å²) in [6.45, 7) is 1.51. The Balaban J connectivity index is 1.85. The Labute approximate surface area is 102 Å². The van der Waals surface area contributed by atoms with Crippen LogP contribution in [0, 0.1) is 0 Å². The fourth-order valence-corrected chi connectivity index (χ4v) is 2.97. The first-order valence-corrected chi connectivity index (χ1v) is 7.30. The van der Waals surface area contributed by atoms with Gasteiger partial charge in [-0.25, -0.2) is 13.1 Å². The molecule has 1 atom stereocenters. The minimum absolute atomic E-state index is 0.222.